The van der Waals surface area contributed by atoms with E-state index < -0.39 is 0 Å². The van der Waals surface area contributed by atoms with Gasteiger partial charge in [-0.2, -0.15) is 0 Å². The summed E-state index contributed by atoms with van der Waals surface area (Å²) in [5.41, 5.74) is 1.81. The highest BCUT2D eigenvalue weighted by atomic mass is 16.1. The third-order valence-corrected chi connectivity index (χ3v) is 15.2. The maximum atomic E-state index is 13.1. The van der Waals surface area contributed by atoms with Crippen LogP contribution >= 0.6 is 0 Å². The van der Waals surface area contributed by atoms with Gasteiger partial charge in [0, 0.05) is 12.3 Å². The van der Waals surface area contributed by atoms with Gasteiger partial charge in [-0.15, -0.1) is 0 Å². The van der Waals surface area contributed by atoms with E-state index in [4.69, 9.17) is 0 Å². The van der Waals surface area contributed by atoms with E-state index >= 15 is 0 Å². The van der Waals surface area contributed by atoms with Gasteiger partial charge in [0.15, 0.2) is 0 Å². The van der Waals surface area contributed by atoms with E-state index in [1.165, 1.54) is 295 Å². The number of nitrogens with zero attached hydrogens (tertiary/aromatic N) is 1. The molecule has 0 aliphatic carbocycles. The fourth-order valence-electron chi connectivity index (χ4n) is 10.8. The molecule has 0 saturated carbocycles. The maximum absolute atomic E-state index is 13.1. The molecule has 0 aromatic heterocycles. The molecule has 3 atom stereocenters. The summed E-state index contributed by atoms with van der Waals surface area (Å²) in [4.78, 5) is 15.3. The number of carbonyl (C=O) groups excluding carboxylic acids is 1. The summed E-state index contributed by atoms with van der Waals surface area (Å²) in [6.45, 7) is 12.8. The zero-order valence-corrected chi connectivity index (χ0v) is 46.5. The second-order valence-corrected chi connectivity index (χ2v) is 22.5. The molecule has 65 heavy (non-hydrogen) atoms. The first kappa shape index (κ1) is 64.4. The molecule has 0 spiro atoms. The van der Waals surface area contributed by atoms with Crippen LogP contribution in [-0.2, 0) is 4.79 Å². The van der Waals surface area contributed by atoms with Gasteiger partial charge in [-0.25, -0.2) is 0 Å². The third-order valence-electron chi connectivity index (χ3n) is 15.2. The average Bonchev–Trinajstić information content (AvgIpc) is 3.29. The molecule has 388 valence electrons. The lowest BCUT2D eigenvalue weighted by molar-refractivity contribution is -0.123. The summed E-state index contributed by atoms with van der Waals surface area (Å²) in [6.07, 6.45) is 70.8. The summed E-state index contributed by atoms with van der Waals surface area (Å²) >= 11 is 0. The van der Waals surface area contributed by atoms with Crippen molar-refractivity contribution >= 4 is 5.78 Å². The van der Waals surface area contributed by atoms with E-state index in [1.54, 1.807) is 5.57 Å². The Kier molecular flexibility index (Phi) is 52.2. The first-order valence-corrected chi connectivity index (χ1v) is 30.7. The van der Waals surface area contributed by atoms with Gasteiger partial charge in [0.2, 0.25) is 0 Å². The van der Waals surface area contributed by atoms with Crippen molar-refractivity contribution in [2.24, 2.45) is 17.8 Å². The second-order valence-electron chi connectivity index (χ2n) is 22.5. The molecule has 0 N–H and O–H groups in total. The van der Waals surface area contributed by atoms with Gasteiger partial charge in [0.05, 0.1) is 0 Å². The quantitative estimate of drug-likeness (QED) is 0.0448. The molecule has 3 unspecified atom stereocenters. The maximum Gasteiger partial charge on any atom is 0.135 e. The third kappa shape index (κ3) is 49.6. The van der Waals surface area contributed by atoms with Gasteiger partial charge in [-0.05, 0) is 96.7 Å². The standard InChI is InChI=1S/C63H125NO/c1-8-11-14-17-20-23-24-25-26-27-28-29-31-34-40-46-53-62(58-59(4)57-60(5)63(65)55-48-42-49-56-64(6)7)54-47-41-36-35-39-45-52-61(50-43-37-32-22-19-16-13-10-3)51-44-38-33-30-21-18-15-12-9-2/h52,59-60,62H,8-51,53-58H2,1-7H3/b61-52-. The van der Waals surface area contributed by atoms with E-state index in [-0.39, 0.29) is 5.92 Å². The summed E-state index contributed by atoms with van der Waals surface area (Å²) < 4.78 is 0. The first-order valence-electron chi connectivity index (χ1n) is 30.7. The van der Waals surface area contributed by atoms with E-state index in [2.05, 4.69) is 59.7 Å². The van der Waals surface area contributed by atoms with Gasteiger partial charge in [0.1, 0.15) is 5.78 Å². The Balaban J connectivity index is 4.73. The summed E-state index contributed by atoms with van der Waals surface area (Å²) in [6, 6.07) is 0. The molecule has 0 aliphatic rings. The van der Waals surface area contributed by atoms with E-state index in [9.17, 15) is 4.79 Å². The fraction of sp³-hybridized carbons (Fsp3) is 0.952. The largest absolute Gasteiger partial charge is 0.309 e. The van der Waals surface area contributed by atoms with Crippen LogP contribution in [0.15, 0.2) is 11.6 Å². The van der Waals surface area contributed by atoms with Crippen LogP contribution in [-0.4, -0.2) is 31.3 Å². The number of unbranched alkanes of at least 4 members (excludes halogenated alkanes) is 37. The Labute approximate surface area is 413 Å². The molecule has 0 aliphatic heterocycles. The van der Waals surface area contributed by atoms with Crippen molar-refractivity contribution in [3.63, 3.8) is 0 Å². The van der Waals surface area contributed by atoms with Crippen molar-refractivity contribution < 1.29 is 4.79 Å². The molecule has 0 radical (unpaired) electrons. The zero-order valence-electron chi connectivity index (χ0n) is 46.5. The monoisotopic (exact) mass is 912 g/mol. The SMILES string of the molecule is CCCCCCCCCCCCCCCCCCC(CCCCCCC/C=C(/CCCCCCCCCC)CCCCCCCCCCC)CC(C)CC(C)C(=O)CCCCCN(C)C. The van der Waals surface area contributed by atoms with Crippen molar-refractivity contribution in [1.29, 1.82) is 0 Å². The minimum atomic E-state index is 0.232. The second kappa shape index (κ2) is 52.7. The molecule has 0 aromatic carbocycles. The van der Waals surface area contributed by atoms with Crippen LogP contribution in [0, 0.1) is 17.8 Å². The molecule has 0 heterocycles. The van der Waals surface area contributed by atoms with Crippen LogP contribution < -0.4 is 0 Å². The Morgan fingerprint density at radius 2 is 0.708 bits per heavy atom. The molecule has 2 nitrogen and oxygen atoms in total. The lowest BCUT2D eigenvalue weighted by Gasteiger charge is -2.23. The van der Waals surface area contributed by atoms with Gasteiger partial charge >= 0.3 is 0 Å². The molecule has 0 saturated heterocycles. The summed E-state index contributed by atoms with van der Waals surface area (Å²) in [5, 5.41) is 0. The van der Waals surface area contributed by atoms with Crippen LogP contribution in [0.25, 0.3) is 0 Å². The molecule has 0 bridgehead atoms. The fourth-order valence-corrected chi connectivity index (χ4v) is 10.8. The topological polar surface area (TPSA) is 20.3 Å². The molecular formula is C63H125NO. The number of hydrogen-bond acceptors (Lipinski definition) is 2. The van der Waals surface area contributed by atoms with Crippen LogP contribution in [0.3, 0.4) is 0 Å². The van der Waals surface area contributed by atoms with Crippen LogP contribution in [0.5, 0.6) is 0 Å². The lowest BCUT2D eigenvalue weighted by Crippen LogP contribution is -2.17. The molecule has 0 aromatic rings. The van der Waals surface area contributed by atoms with Crippen molar-refractivity contribution in [1.82, 2.24) is 4.90 Å². The van der Waals surface area contributed by atoms with E-state index in [1.807, 2.05) is 0 Å². The van der Waals surface area contributed by atoms with Crippen molar-refractivity contribution in [3.05, 3.63) is 11.6 Å². The number of carbonyl (C=O) groups is 1. The van der Waals surface area contributed by atoms with Crippen LogP contribution in [0.1, 0.15) is 349 Å². The molecule has 0 fully saturated rings. The first-order chi connectivity index (χ1) is 31.8. The smallest absolute Gasteiger partial charge is 0.135 e. The Morgan fingerprint density at radius 3 is 1.09 bits per heavy atom. The minimum Gasteiger partial charge on any atom is -0.309 e. The number of hydrogen-bond donors (Lipinski definition) is 0. The zero-order chi connectivity index (χ0) is 47.5. The van der Waals surface area contributed by atoms with Crippen LogP contribution in [0.2, 0.25) is 0 Å². The Bertz CT molecular complexity index is 953. The predicted octanol–water partition coefficient (Wildman–Crippen LogP) is 22.1. The molecule has 0 rings (SSSR count). The number of rotatable bonds is 55. The Hall–Kier alpha value is -0.630. The van der Waals surface area contributed by atoms with E-state index in [0.717, 1.165) is 31.7 Å². The predicted molar refractivity (Wildman–Crippen MR) is 297 cm³/mol. The average molecular weight is 913 g/mol. The van der Waals surface area contributed by atoms with E-state index in [0.29, 0.717) is 11.7 Å². The number of Topliss-reactive ketones (excluding diaryl/α,β-unsaturated/α-hetero) is 1. The number of ketones is 1. The van der Waals surface area contributed by atoms with Crippen molar-refractivity contribution in [3.8, 4) is 0 Å². The van der Waals surface area contributed by atoms with Crippen molar-refractivity contribution in [2.75, 3.05) is 20.6 Å². The normalized spacial score (nSPS) is 13.6. The summed E-state index contributed by atoms with van der Waals surface area (Å²) in [7, 11) is 4.30. The van der Waals surface area contributed by atoms with Crippen molar-refractivity contribution in [2.45, 2.75) is 349 Å². The van der Waals surface area contributed by atoms with Gasteiger partial charge < -0.3 is 4.90 Å². The highest BCUT2D eigenvalue weighted by Gasteiger charge is 2.19. The minimum absolute atomic E-state index is 0.232. The number of allylic oxidation sites excluding steroid dienone is 2. The highest BCUT2D eigenvalue weighted by Crippen LogP contribution is 2.29. The van der Waals surface area contributed by atoms with Crippen LogP contribution in [0.4, 0.5) is 0 Å². The molecule has 2 heteroatoms. The highest BCUT2D eigenvalue weighted by molar-refractivity contribution is 5.80. The molecular weight excluding hydrogens is 787 g/mol. The molecule has 0 amide bonds. The van der Waals surface area contributed by atoms with Gasteiger partial charge in [-0.1, -0.05) is 290 Å². The van der Waals surface area contributed by atoms with Gasteiger partial charge in [-0.3, -0.25) is 4.79 Å². The lowest BCUT2D eigenvalue weighted by atomic mass is 9.82. The Morgan fingerprint density at radius 1 is 0.385 bits per heavy atom. The van der Waals surface area contributed by atoms with Gasteiger partial charge in [0.25, 0.3) is 0 Å². The summed E-state index contributed by atoms with van der Waals surface area (Å²) in [5.74, 6) is 2.27.